The Morgan fingerprint density at radius 3 is 2.88 bits per heavy atom. The molecule has 0 bridgehead atoms. The number of thioether (sulfide) groups is 1. The average molecular weight is 497 g/mol. The van der Waals surface area contributed by atoms with E-state index in [1.54, 1.807) is 47.8 Å². The number of aromatic nitrogens is 2. The van der Waals surface area contributed by atoms with Crippen molar-refractivity contribution in [1.82, 2.24) is 9.55 Å². The topological polar surface area (TPSA) is 97.0 Å². The van der Waals surface area contributed by atoms with Gasteiger partial charge in [-0.3, -0.25) is 14.2 Å². The van der Waals surface area contributed by atoms with E-state index in [9.17, 15) is 9.59 Å². The van der Waals surface area contributed by atoms with E-state index in [1.165, 1.54) is 23.0 Å². The van der Waals surface area contributed by atoms with Crippen LogP contribution in [0.25, 0.3) is 16.6 Å². The van der Waals surface area contributed by atoms with Crippen LogP contribution in [0.5, 0.6) is 5.75 Å². The zero-order valence-corrected chi connectivity index (χ0v) is 20.0. The molecule has 0 fully saturated rings. The fraction of sp³-hybridized carbons (Fsp3) is 0.130. The number of carbonyl (C=O) groups is 1. The van der Waals surface area contributed by atoms with E-state index >= 15 is 0 Å². The van der Waals surface area contributed by atoms with Gasteiger partial charge in [-0.1, -0.05) is 35.5 Å². The molecular formula is C23H17ClN4O3S2. The van der Waals surface area contributed by atoms with Gasteiger partial charge < -0.3 is 10.1 Å². The summed E-state index contributed by atoms with van der Waals surface area (Å²) in [6, 6.07) is 14.1. The summed E-state index contributed by atoms with van der Waals surface area (Å²) in [6.45, 7) is 1.83. The Bertz CT molecular complexity index is 1470. The number of hydrogen-bond donors (Lipinski definition) is 1. The van der Waals surface area contributed by atoms with E-state index < -0.39 is 0 Å². The van der Waals surface area contributed by atoms with Gasteiger partial charge in [-0.2, -0.15) is 5.26 Å². The molecule has 0 radical (unpaired) electrons. The molecule has 0 spiro atoms. The number of hydrogen-bond acceptors (Lipinski definition) is 7. The van der Waals surface area contributed by atoms with E-state index in [-0.39, 0.29) is 17.2 Å². The molecule has 4 rings (SSSR count). The number of ether oxygens (including phenoxy) is 1. The lowest BCUT2D eigenvalue weighted by Crippen LogP contribution is -2.23. The van der Waals surface area contributed by atoms with Crippen LogP contribution in [0, 0.1) is 18.3 Å². The standard InChI is InChI=1S/C23H17ClN4O3S2/c1-13-9-18(19(31-2)10-16(13)24)28-22(30)15-5-3-4-6-17(15)26-23(28)33-12-20(29)27-21-14(11-25)7-8-32-21/h3-10H,12H2,1-2H3,(H,27,29). The lowest BCUT2D eigenvalue weighted by molar-refractivity contribution is -0.113. The second-order valence-corrected chi connectivity index (χ2v) is 9.20. The van der Waals surface area contributed by atoms with Gasteiger partial charge in [0, 0.05) is 11.1 Å². The Morgan fingerprint density at radius 2 is 2.12 bits per heavy atom. The number of thiophene rings is 1. The third kappa shape index (κ3) is 4.59. The lowest BCUT2D eigenvalue weighted by Gasteiger charge is -2.17. The molecule has 0 aliphatic heterocycles. The second kappa shape index (κ2) is 9.67. The van der Waals surface area contributed by atoms with Crippen molar-refractivity contribution in [3.05, 3.63) is 74.3 Å². The Labute approximate surface area is 202 Å². The summed E-state index contributed by atoms with van der Waals surface area (Å²) in [4.78, 5) is 30.7. The molecule has 1 amide bonds. The molecule has 33 heavy (non-hydrogen) atoms. The summed E-state index contributed by atoms with van der Waals surface area (Å²) in [6.07, 6.45) is 0. The lowest BCUT2D eigenvalue weighted by atomic mass is 10.2. The first-order valence-electron chi connectivity index (χ1n) is 9.69. The molecule has 0 unspecified atom stereocenters. The van der Waals surface area contributed by atoms with Crippen LogP contribution >= 0.6 is 34.7 Å². The maximum atomic E-state index is 13.5. The Hall–Kier alpha value is -3.32. The molecular weight excluding hydrogens is 480 g/mol. The highest BCUT2D eigenvalue weighted by Gasteiger charge is 2.19. The van der Waals surface area contributed by atoms with Crippen molar-refractivity contribution in [3.63, 3.8) is 0 Å². The van der Waals surface area contributed by atoms with Crippen LogP contribution in [-0.4, -0.2) is 28.3 Å². The molecule has 1 N–H and O–H groups in total. The number of aryl methyl sites for hydroxylation is 1. The number of nitrogens with zero attached hydrogens (tertiary/aromatic N) is 3. The molecule has 0 aliphatic rings. The molecule has 0 saturated heterocycles. The Kier molecular flexibility index (Phi) is 6.70. The van der Waals surface area contributed by atoms with Crippen molar-refractivity contribution in [2.24, 2.45) is 0 Å². The van der Waals surface area contributed by atoms with Crippen molar-refractivity contribution in [1.29, 1.82) is 5.26 Å². The number of rotatable bonds is 6. The largest absolute Gasteiger partial charge is 0.495 e. The van der Waals surface area contributed by atoms with Crippen LogP contribution in [0.1, 0.15) is 11.1 Å². The molecule has 0 atom stereocenters. The minimum Gasteiger partial charge on any atom is -0.495 e. The van der Waals surface area contributed by atoms with Gasteiger partial charge in [-0.05, 0) is 42.1 Å². The van der Waals surface area contributed by atoms with Crippen LogP contribution in [0.4, 0.5) is 5.00 Å². The van der Waals surface area contributed by atoms with Crippen LogP contribution in [-0.2, 0) is 4.79 Å². The number of halogens is 1. The van der Waals surface area contributed by atoms with Gasteiger partial charge in [0.1, 0.15) is 16.8 Å². The normalized spacial score (nSPS) is 10.7. The van der Waals surface area contributed by atoms with E-state index in [0.717, 1.165) is 17.3 Å². The number of methoxy groups -OCH3 is 1. The third-order valence-electron chi connectivity index (χ3n) is 4.82. The molecule has 2 aromatic carbocycles. The monoisotopic (exact) mass is 496 g/mol. The SMILES string of the molecule is COc1cc(Cl)c(C)cc1-n1c(SCC(=O)Nc2sccc2C#N)nc2ccccc2c1=O. The fourth-order valence-corrected chi connectivity index (χ4v) is 4.91. The summed E-state index contributed by atoms with van der Waals surface area (Å²) < 4.78 is 6.93. The van der Waals surface area contributed by atoms with E-state index in [0.29, 0.717) is 43.1 Å². The maximum Gasteiger partial charge on any atom is 0.266 e. The number of para-hydroxylation sites is 1. The molecule has 0 saturated carbocycles. The number of amides is 1. The molecule has 10 heteroatoms. The van der Waals surface area contributed by atoms with Crippen LogP contribution < -0.4 is 15.6 Å². The smallest absolute Gasteiger partial charge is 0.266 e. The Morgan fingerprint density at radius 1 is 1.33 bits per heavy atom. The number of carbonyl (C=O) groups excluding carboxylic acids is 1. The van der Waals surface area contributed by atoms with Crippen LogP contribution in [0.15, 0.2) is 57.8 Å². The minimum absolute atomic E-state index is 0.0115. The summed E-state index contributed by atoms with van der Waals surface area (Å²) in [5, 5.41) is 15.4. The molecule has 166 valence electrons. The van der Waals surface area contributed by atoms with Gasteiger partial charge in [-0.25, -0.2) is 4.98 Å². The summed E-state index contributed by atoms with van der Waals surface area (Å²) >= 11 is 8.65. The predicted octanol–water partition coefficient (Wildman–Crippen LogP) is 5.02. The minimum atomic E-state index is -0.313. The van der Waals surface area contributed by atoms with Crippen molar-refractivity contribution in [3.8, 4) is 17.5 Å². The summed E-state index contributed by atoms with van der Waals surface area (Å²) in [7, 11) is 1.50. The first kappa shape index (κ1) is 22.9. The average Bonchev–Trinajstić information content (AvgIpc) is 3.26. The van der Waals surface area contributed by atoms with E-state index in [4.69, 9.17) is 21.6 Å². The molecule has 7 nitrogen and oxygen atoms in total. The molecule has 4 aromatic rings. The molecule has 2 heterocycles. The van der Waals surface area contributed by atoms with Gasteiger partial charge in [-0.15, -0.1) is 11.3 Å². The van der Waals surface area contributed by atoms with Gasteiger partial charge in [0.2, 0.25) is 5.91 Å². The second-order valence-electron chi connectivity index (χ2n) is 6.94. The Balaban J connectivity index is 1.77. The fourth-order valence-electron chi connectivity index (χ4n) is 3.19. The number of nitrogens with one attached hydrogen (secondary N) is 1. The van der Waals surface area contributed by atoms with Crippen molar-refractivity contribution in [2.75, 3.05) is 18.2 Å². The van der Waals surface area contributed by atoms with Gasteiger partial charge in [0.25, 0.3) is 5.56 Å². The highest BCUT2D eigenvalue weighted by Crippen LogP contribution is 2.32. The number of nitriles is 1. The zero-order chi connectivity index (χ0) is 23.5. The van der Waals surface area contributed by atoms with Gasteiger partial charge >= 0.3 is 0 Å². The van der Waals surface area contributed by atoms with Crippen molar-refractivity contribution < 1.29 is 9.53 Å². The van der Waals surface area contributed by atoms with E-state index in [1.807, 2.05) is 13.0 Å². The predicted molar refractivity (Wildman–Crippen MR) is 132 cm³/mol. The van der Waals surface area contributed by atoms with Crippen molar-refractivity contribution in [2.45, 2.75) is 12.1 Å². The van der Waals surface area contributed by atoms with Crippen LogP contribution in [0.3, 0.4) is 0 Å². The molecule has 0 aliphatic carbocycles. The zero-order valence-electron chi connectivity index (χ0n) is 17.6. The van der Waals surface area contributed by atoms with Crippen LogP contribution in [0.2, 0.25) is 5.02 Å². The number of fused-ring (bicyclic) bond motifs is 1. The maximum absolute atomic E-state index is 13.5. The van der Waals surface area contributed by atoms with Crippen molar-refractivity contribution >= 4 is 56.5 Å². The quantitative estimate of drug-likeness (QED) is 0.297. The highest BCUT2D eigenvalue weighted by atomic mass is 35.5. The molecule has 2 aromatic heterocycles. The number of anilines is 1. The highest BCUT2D eigenvalue weighted by molar-refractivity contribution is 7.99. The first-order chi connectivity index (χ1) is 15.9. The first-order valence-corrected chi connectivity index (χ1v) is 11.9. The van der Waals surface area contributed by atoms with Gasteiger partial charge in [0.15, 0.2) is 5.16 Å². The number of benzene rings is 2. The van der Waals surface area contributed by atoms with E-state index in [2.05, 4.69) is 10.3 Å². The summed E-state index contributed by atoms with van der Waals surface area (Å²) in [5.74, 6) is 0.0862. The van der Waals surface area contributed by atoms with Gasteiger partial charge in [0.05, 0.1) is 35.0 Å². The third-order valence-corrected chi connectivity index (χ3v) is 6.99. The summed E-state index contributed by atoms with van der Waals surface area (Å²) in [5.41, 5.74) is 1.89.